The maximum absolute atomic E-state index is 6.79. The van der Waals surface area contributed by atoms with E-state index in [1.807, 2.05) is 0 Å². The largest absolute Gasteiger partial charge is 0.454 e. The minimum Gasteiger partial charge on any atom is -0.454 e. The Balaban J connectivity index is 1.23. The first-order valence-electron chi connectivity index (χ1n) is 14.5. The first-order valence-corrected chi connectivity index (χ1v) is 14.5. The number of benzene rings is 6. The van der Waals surface area contributed by atoms with E-state index >= 15 is 0 Å². The van der Waals surface area contributed by atoms with Gasteiger partial charge in [-0.25, -0.2) is 0 Å². The van der Waals surface area contributed by atoms with E-state index in [4.69, 9.17) is 9.41 Å². The summed E-state index contributed by atoms with van der Waals surface area (Å²) in [6, 6.07) is 49.6. The summed E-state index contributed by atoms with van der Waals surface area (Å²) in [5, 5.41) is 4.76. The van der Waals surface area contributed by atoms with Gasteiger partial charge in [0.15, 0.2) is 5.58 Å². The molecule has 0 saturated carbocycles. The van der Waals surface area contributed by atoms with Crippen molar-refractivity contribution >= 4 is 55.1 Å². The quantitative estimate of drug-likeness (QED) is 0.220. The Labute approximate surface area is 243 Å². The standard InChI is InChI=1S/C39H26N2O/c1-2-11-25(12-3-1)34-24-32(27-13-4-7-17-33(27)40-34)26-21-22-30-31-16-10-20-37(39(31)42-38(30)23-26)41-35-18-8-5-14-28(35)29-15-6-9-19-36(29)41/h1-23,32H,24H2/t32-/m0/s1. The molecule has 1 aliphatic heterocycles. The van der Waals surface area contributed by atoms with Crippen molar-refractivity contribution in [2.45, 2.75) is 12.3 Å². The fourth-order valence-electron chi connectivity index (χ4n) is 6.86. The minimum absolute atomic E-state index is 0.198. The summed E-state index contributed by atoms with van der Waals surface area (Å²) in [7, 11) is 0. The van der Waals surface area contributed by atoms with Gasteiger partial charge >= 0.3 is 0 Å². The van der Waals surface area contributed by atoms with Crippen LogP contribution in [0.3, 0.4) is 0 Å². The third kappa shape index (κ3) is 3.44. The lowest BCUT2D eigenvalue weighted by molar-refractivity contribution is 0.664. The average Bonchev–Trinajstić information content (AvgIpc) is 3.60. The van der Waals surface area contributed by atoms with Crippen molar-refractivity contribution in [3.05, 3.63) is 156 Å². The van der Waals surface area contributed by atoms with Crippen molar-refractivity contribution < 1.29 is 4.42 Å². The molecule has 3 nitrogen and oxygen atoms in total. The van der Waals surface area contributed by atoms with E-state index in [0.29, 0.717) is 0 Å². The lowest BCUT2D eigenvalue weighted by atomic mass is 9.82. The summed E-state index contributed by atoms with van der Waals surface area (Å²) < 4.78 is 9.13. The molecule has 0 bridgehead atoms. The van der Waals surface area contributed by atoms with E-state index in [1.165, 1.54) is 38.5 Å². The lowest BCUT2D eigenvalue weighted by Gasteiger charge is -2.25. The Hall–Kier alpha value is -5.41. The van der Waals surface area contributed by atoms with Gasteiger partial charge in [-0.15, -0.1) is 0 Å². The van der Waals surface area contributed by atoms with Gasteiger partial charge in [0.25, 0.3) is 0 Å². The smallest absolute Gasteiger partial charge is 0.159 e. The molecular formula is C39H26N2O. The SMILES string of the molecule is c1ccc(C2=Nc3ccccc3[C@H](c3ccc4c(c3)oc3c(-n5c6ccccc6c6ccccc65)cccc34)C2)cc1. The summed E-state index contributed by atoms with van der Waals surface area (Å²) >= 11 is 0. The third-order valence-electron chi connectivity index (χ3n) is 8.80. The van der Waals surface area contributed by atoms with E-state index in [2.05, 4.69) is 144 Å². The predicted molar refractivity (Wildman–Crippen MR) is 174 cm³/mol. The Morgan fingerprint density at radius 3 is 2.10 bits per heavy atom. The van der Waals surface area contributed by atoms with Gasteiger partial charge in [0.2, 0.25) is 0 Å². The first-order chi connectivity index (χ1) is 20.8. The molecule has 1 aliphatic rings. The Morgan fingerprint density at radius 1 is 0.595 bits per heavy atom. The van der Waals surface area contributed by atoms with Crippen LogP contribution in [0.4, 0.5) is 5.69 Å². The minimum atomic E-state index is 0.198. The van der Waals surface area contributed by atoms with Crippen LogP contribution in [0.25, 0.3) is 49.4 Å². The molecule has 8 aromatic rings. The van der Waals surface area contributed by atoms with Crippen LogP contribution in [0.2, 0.25) is 0 Å². The zero-order chi connectivity index (χ0) is 27.6. The fraction of sp³-hybridized carbons (Fsp3) is 0.0513. The van der Waals surface area contributed by atoms with Crippen LogP contribution >= 0.6 is 0 Å². The third-order valence-corrected chi connectivity index (χ3v) is 8.80. The molecule has 0 fully saturated rings. The molecule has 42 heavy (non-hydrogen) atoms. The molecule has 0 amide bonds. The van der Waals surface area contributed by atoms with Crippen LogP contribution < -0.4 is 0 Å². The molecule has 3 heterocycles. The molecule has 0 aliphatic carbocycles. The molecule has 198 valence electrons. The highest BCUT2D eigenvalue weighted by Gasteiger charge is 2.26. The molecule has 0 unspecified atom stereocenters. The second-order valence-electron chi connectivity index (χ2n) is 11.1. The Bertz CT molecular complexity index is 2290. The Kier molecular flexibility index (Phi) is 5.02. The van der Waals surface area contributed by atoms with Crippen LogP contribution in [0.15, 0.2) is 149 Å². The van der Waals surface area contributed by atoms with Crippen molar-refractivity contribution in [2.24, 2.45) is 4.99 Å². The lowest BCUT2D eigenvalue weighted by Crippen LogP contribution is -2.14. The maximum atomic E-state index is 6.79. The molecule has 6 aromatic carbocycles. The number of hydrogen-bond acceptors (Lipinski definition) is 2. The van der Waals surface area contributed by atoms with Crippen LogP contribution in [0.5, 0.6) is 0 Å². The van der Waals surface area contributed by atoms with E-state index in [9.17, 15) is 0 Å². The second-order valence-corrected chi connectivity index (χ2v) is 11.1. The van der Waals surface area contributed by atoms with Gasteiger partial charge in [0.05, 0.1) is 22.4 Å². The highest BCUT2D eigenvalue weighted by atomic mass is 16.3. The van der Waals surface area contributed by atoms with E-state index in [0.717, 1.165) is 45.4 Å². The monoisotopic (exact) mass is 538 g/mol. The van der Waals surface area contributed by atoms with E-state index in [-0.39, 0.29) is 5.92 Å². The molecule has 3 heteroatoms. The molecule has 0 saturated heterocycles. The zero-order valence-electron chi connectivity index (χ0n) is 22.9. The number of para-hydroxylation sites is 4. The van der Waals surface area contributed by atoms with Crippen LogP contribution in [-0.4, -0.2) is 10.3 Å². The number of fused-ring (bicyclic) bond motifs is 7. The Morgan fingerprint density at radius 2 is 1.29 bits per heavy atom. The van der Waals surface area contributed by atoms with Gasteiger partial charge in [0, 0.05) is 39.6 Å². The molecule has 2 aromatic heterocycles. The van der Waals surface area contributed by atoms with Crippen molar-refractivity contribution in [1.82, 2.24) is 4.57 Å². The first kappa shape index (κ1) is 23.3. The van der Waals surface area contributed by atoms with E-state index < -0.39 is 0 Å². The van der Waals surface area contributed by atoms with Gasteiger partial charge in [-0.2, -0.15) is 0 Å². The molecule has 0 N–H and O–H groups in total. The summed E-state index contributed by atoms with van der Waals surface area (Å²) in [5.41, 5.74) is 11.1. The number of furan rings is 1. The highest BCUT2D eigenvalue weighted by molar-refractivity contribution is 6.12. The molecule has 0 spiro atoms. The summed E-state index contributed by atoms with van der Waals surface area (Å²) in [5.74, 6) is 0.198. The summed E-state index contributed by atoms with van der Waals surface area (Å²) in [6.07, 6.45) is 0.847. The molecule has 0 radical (unpaired) electrons. The highest BCUT2D eigenvalue weighted by Crippen LogP contribution is 2.43. The fourth-order valence-corrected chi connectivity index (χ4v) is 6.86. The van der Waals surface area contributed by atoms with Crippen LogP contribution in [0, 0.1) is 0 Å². The second kappa shape index (κ2) is 9.05. The number of nitrogens with zero attached hydrogens (tertiary/aromatic N) is 2. The number of aliphatic imine (C=N–C) groups is 1. The topological polar surface area (TPSA) is 30.4 Å². The maximum Gasteiger partial charge on any atom is 0.159 e. The van der Waals surface area contributed by atoms with Gasteiger partial charge in [-0.1, -0.05) is 109 Å². The summed E-state index contributed by atoms with van der Waals surface area (Å²) in [4.78, 5) is 5.07. The van der Waals surface area contributed by atoms with Gasteiger partial charge in [-0.3, -0.25) is 4.99 Å². The number of aromatic nitrogens is 1. The van der Waals surface area contributed by atoms with E-state index in [1.54, 1.807) is 0 Å². The number of rotatable bonds is 3. The number of hydrogen-bond donors (Lipinski definition) is 0. The van der Waals surface area contributed by atoms with Crippen molar-refractivity contribution in [2.75, 3.05) is 0 Å². The summed E-state index contributed by atoms with van der Waals surface area (Å²) in [6.45, 7) is 0. The van der Waals surface area contributed by atoms with Crippen LogP contribution in [-0.2, 0) is 0 Å². The average molecular weight is 539 g/mol. The molecule has 9 rings (SSSR count). The molecule has 1 atom stereocenters. The van der Waals surface area contributed by atoms with Gasteiger partial charge in [-0.05, 0) is 47.0 Å². The van der Waals surface area contributed by atoms with Crippen LogP contribution in [0.1, 0.15) is 29.0 Å². The zero-order valence-corrected chi connectivity index (χ0v) is 22.9. The van der Waals surface area contributed by atoms with Crippen molar-refractivity contribution in [3.63, 3.8) is 0 Å². The van der Waals surface area contributed by atoms with Crippen molar-refractivity contribution in [3.8, 4) is 5.69 Å². The van der Waals surface area contributed by atoms with Crippen molar-refractivity contribution in [1.29, 1.82) is 0 Å². The predicted octanol–water partition coefficient (Wildman–Crippen LogP) is 10.3. The van der Waals surface area contributed by atoms with Gasteiger partial charge in [0.1, 0.15) is 5.58 Å². The van der Waals surface area contributed by atoms with Gasteiger partial charge < -0.3 is 8.98 Å². The molecular weight excluding hydrogens is 512 g/mol. The normalized spacial score (nSPS) is 15.0.